The van der Waals surface area contributed by atoms with E-state index in [-0.39, 0.29) is 23.3 Å². The van der Waals surface area contributed by atoms with Crippen LogP contribution < -0.4 is 5.32 Å². The fourth-order valence-corrected chi connectivity index (χ4v) is 4.19. The van der Waals surface area contributed by atoms with Gasteiger partial charge in [-0.3, -0.25) is 14.6 Å². The smallest absolute Gasteiger partial charge is 0.255 e. The van der Waals surface area contributed by atoms with E-state index in [9.17, 15) is 9.59 Å². The highest BCUT2D eigenvalue weighted by Crippen LogP contribution is 2.41. The molecule has 5 heteroatoms. The number of pyridine rings is 1. The Bertz CT molecular complexity index is 778. The highest BCUT2D eigenvalue weighted by molar-refractivity contribution is 5.94. The van der Waals surface area contributed by atoms with Crippen molar-refractivity contribution in [2.24, 2.45) is 0 Å². The SMILES string of the molecule is O=C1CCC[C@]2(CN(C(=O)c3cccnc3)C[C@H]2c2ccccc2)N1. The second-order valence-electron chi connectivity index (χ2n) is 6.95. The number of hydrogen-bond acceptors (Lipinski definition) is 3. The van der Waals surface area contributed by atoms with E-state index >= 15 is 0 Å². The standard InChI is InChI=1S/C20H21N3O2/c24-18-9-4-10-20(22-18)14-23(19(25)16-8-5-11-21-12-16)13-17(20)15-6-2-1-3-7-15/h1-3,5-8,11-12,17H,4,9-10,13-14H2,(H,22,24)/t17-,20+/m0/s1. The zero-order valence-electron chi connectivity index (χ0n) is 14.0. The predicted octanol–water partition coefficient (Wildman–Crippen LogP) is 2.36. The van der Waals surface area contributed by atoms with E-state index in [1.54, 1.807) is 24.5 Å². The van der Waals surface area contributed by atoms with Crippen LogP contribution in [0.15, 0.2) is 54.9 Å². The molecule has 1 aromatic heterocycles. The van der Waals surface area contributed by atoms with Crippen molar-refractivity contribution in [2.45, 2.75) is 30.7 Å². The molecule has 0 radical (unpaired) electrons. The summed E-state index contributed by atoms with van der Waals surface area (Å²) in [6, 6.07) is 13.8. The molecule has 2 fully saturated rings. The number of likely N-dealkylation sites (tertiary alicyclic amines) is 1. The fraction of sp³-hybridized carbons (Fsp3) is 0.350. The molecule has 0 unspecified atom stereocenters. The Hall–Kier alpha value is -2.69. The second kappa shape index (κ2) is 6.31. The molecule has 0 saturated carbocycles. The molecule has 5 nitrogen and oxygen atoms in total. The van der Waals surface area contributed by atoms with E-state index in [2.05, 4.69) is 22.4 Å². The quantitative estimate of drug-likeness (QED) is 0.916. The lowest BCUT2D eigenvalue weighted by Gasteiger charge is -2.39. The molecule has 2 saturated heterocycles. The molecule has 25 heavy (non-hydrogen) atoms. The third kappa shape index (κ3) is 2.90. The minimum absolute atomic E-state index is 0.0225. The van der Waals surface area contributed by atoms with Crippen molar-refractivity contribution < 1.29 is 9.59 Å². The Balaban J connectivity index is 1.67. The topological polar surface area (TPSA) is 62.3 Å². The summed E-state index contributed by atoms with van der Waals surface area (Å²) in [5, 5.41) is 3.23. The van der Waals surface area contributed by atoms with Crippen molar-refractivity contribution in [3.8, 4) is 0 Å². The van der Waals surface area contributed by atoms with E-state index < -0.39 is 0 Å². The molecule has 0 bridgehead atoms. The molecule has 2 amide bonds. The van der Waals surface area contributed by atoms with Crippen molar-refractivity contribution in [1.82, 2.24) is 15.2 Å². The number of rotatable bonds is 2. The van der Waals surface area contributed by atoms with Crippen LogP contribution in [0.3, 0.4) is 0 Å². The third-order valence-corrected chi connectivity index (χ3v) is 5.36. The van der Waals surface area contributed by atoms with Gasteiger partial charge in [-0.25, -0.2) is 0 Å². The summed E-state index contributed by atoms with van der Waals surface area (Å²) < 4.78 is 0. The van der Waals surface area contributed by atoms with Gasteiger partial charge < -0.3 is 10.2 Å². The number of piperidine rings is 1. The van der Waals surface area contributed by atoms with E-state index in [0.717, 1.165) is 12.8 Å². The number of carbonyl (C=O) groups excluding carboxylic acids is 2. The molecule has 2 aliphatic heterocycles. The van der Waals surface area contributed by atoms with Gasteiger partial charge in [-0.2, -0.15) is 0 Å². The zero-order chi connectivity index (χ0) is 17.3. The lowest BCUT2D eigenvalue weighted by Crippen LogP contribution is -2.56. The number of carbonyl (C=O) groups is 2. The highest BCUT2D eigenvalue weighted by Gasteiger charge is 2.50. The van der Waals surface area contributed by atoms with Crippen LogP contribution in [-0.2, 0) is 4.79 Å². The molecule has 1 spiro atoms. The Morgan fingerprint density at radius 1 is 1.20 bits per heavy atom. The minimum Gasteiger partial charge on any atom is -0.348 e. The van der Waals surface area contributed by atoms with Crippen LogP contribution in [0, 0.1) is 0 Å². The maximum absolute atomic E-state index is 12.9. The monoisotopic (exact) mass is 335 g/mol. The number of hydrogen-bond donors (Lipinski definition) is 1. The summed E-state index contributed by atoms with van der Waals surface area (Å²) in [7, 11) is 0. The van der Waals surface area contributed by atoms with Gasteiger partial charge in [0.05, 0.1) is 11.1 Å². The van der Waals surface area contributed by atoms with E-state index in [4.69, 9.17) is 0 Å². The van der Waals surface area contributed by atoms with Crippen molar-refractivity contribution in [2.75, 3.05) is 13.1 Å². The van der Waals surface area contributed by atoms with Gasteiger partial charge in [-0.05, 0) is 30.5 Å². The van der Waals surface area contributed by atoms with Gasteiger partial charge in [0.2, 0.25) is 5.91 Å². The van der Waals surface area contributed by atoms with Crippen LogP contribution >= 0.6 is 0 Å². The third-order valence-electron chi connectivity index (χ3n) is 5.36. The first-order valence-corrected chi connectivity index (χ1v) is 8.73. The molecule has 0 aliphatic carbocycles. The molecule has 1 N–H and O–H groups in total. The molecule has 2 aromatic rings. The molecule has 2 atom stereocenters. The zero-order valence-corrected chi connectivity index (χ0v) is 14.0. The predicted molar refractivity (Wildman–Crippen MR) is 94.0 cm³/mol. The molecular weight excluding hydrogens is 314 g/mol. The van der Waals surface area contributed by atoms with Crippen LogP contribution in [0.2, 0.25) is 0 Å². The normalized spacial score (nSPS) is 25.8. The number of nitrogens with one attached hydrogen (secondary N) is 1. The molecular formula is C20H21N3O2. The van der Waals surface area contributed by atoms with Gasteiger partial charge >= 0.3 is 0 Å². The Kier molecular flexibility index (Phi) is 3.99. The van der Waals surface area contributed by atoms with Crippen LogP contribution in [0.5, 0.6) is 0 Å². The summed E-state index contributed by atoms with van der Waals surface area (Å²) >= 11 is 0. The first-order valence-electron chi connectivity index (χ1n) is 8.73. The van der Waals surface area contributed by atoms with Crippen LogP contribution in [0.25, 0.3) is 0 Å². The summed E-state index contributed by atoms with van der Waals surface area (Å²) in [5.74, 6) is 0.173. The highest BCUT2D eigenvalue weighted by atomic mass is 16.2. The Morgan fingerprint density at radius 2 is 2.04 bits per heavy atom. The molecule has 2 aliphatic rings. The van der Waals surface area contributed by atoms with Crippen molar-refractivity contribution in [3.63, 3.8) is 0 Å². The van der Waals surface area contributed by atoms with Crippen LogP contribution in [-0.4, -0.2) is 40.3 Å². The Labute approximate surface area is 147 Å². The van der Waals surface area contributed by atoms with Gasteiger partial charge in [-0.1, -0.05) is 30.3 Å². The maximum atomic E-state index is 12.9. The molecule has 128 valence electrons. The number of aromatic nitrogens is 1. The number of amides is 2. The van der Waals surface area contributed by atoms with Crippen molar-refractivity contribution in [1.29, 1.82) is 0 Å². The summed E-state index contributed by atoms with van der Waals surface area (Å²) in [6.07, 6.45) is 5.60. The average molecular weight is 335 g/mol. The average Bonchev–Trinajstić information content (AvgIpc) is 3.01. The summed E-state index contributed by atoms with van der Waals surface area (Å²) in [5.41, 5.74) is 1.40. The Morgan fingerprint density at radius 3 is 2.76 bits per heavy atom. The molecule has 1 aromatic carbocycles. The first kappa shape index (κ1) is 15.8. The van der Waals surface area contributed by atoms with Crippen molar-refractivity contribution >= 4 is 11.8 Å². The summed E-state index contributed by atoms with van der Waals surface area (Å²) in [6.45, 7) is 1.16. The number of nitrogens with zero attached hydrogens (tertiary/aromatic N) is 2. The van der Waals surface area contributed by atoms with E-state index in [1.807, 2.05) is 23.1 Å². The number of benzene rings is 1. The van der Waals surface area contributed by atoms with Crippen LogP contribution in [0.1, 0.15) is 41.1 Å². The van der Waals surface area contributed by atoms with Gasteiger partial charge in [0, 0.05) is 37.8 Å². The van der Waals surface area contributed by atoms with Gasteiger partial charge in [0.15, 0.2) is 0 Å². The minimum atomic E-state index is -0.367. The van der Waals surface area contributed by atoms with E-state index in [1.165, 1.54) is 5.56 Å². The lowest BCUT2D eigenvalue weighted by molar-refractivity contribution is -0.125. The van der Waals surface area contributed by atoms with Gasteiger partial charge in [-0.15, -0.1) is 0 Å². The largest absolute Gasteiger partial charge is 0.348 e. The molecule has 3 heterocycles. The van der Waals surface area contributed by atoms with E-state index in [0.29, 0.717) is 25.1 Å². The first-order chi connectivity index (χ1) is 12.2. The van der Waals surface area contributed by atoms with Crippen molar-refractivity contribution in [3.05, 3.63) is 66.0 Å². The summed E-state index contributed by atoms with van der Waals surface area (Å²) in [4.78, 5) is 30.9. The van der Waals surface area contributed by atoms with Gasteiger partial charge in [0.25, 0.3) is 5.91 Å². The maximum Gasteiger partial charge on any atom is 0.255 e. The van der Waals surface area contributed by atoms with Crippen LogP contribution in [0.4, 0.5) is 0 Å². The molecule has 4 rings (SSSR count). The second-order valence-corrected chi connectivity index (χ2v) is 6.95. The fourth-order valence-electron chi connectivity index (χ4n) is 4.19. The lowest BCUT2D eigenvalue weighted by atomic mass is 9.76. The van der Waals surface area contributed by atoms with Gasteiger partial charge in [0.1, 0.15) is 0 Å².